The van der Waals surface area contributed by atoms with Crippen LogP contribution in [-0.4, -0.2) is 65.6 Å². The summed E-state index contributed by atoms with van der Waals surface area (Å²) < 4.78 is 1.86. The van der Waals surface area contributed by atoms with Crippen LogP contribution in [0.5, 0.6) is 0 Å². The Balaban J connectivity index is 1.52. The molecule has 0 saturated heterocycles. The van der Waals surface area contributed by atoms with E-state index in [1.807, 2.05) is 48.9 Å². The number of hydrogen-bond donors (Lipinski definition) is 3. The molecule has 2 heterocycles. The van der Waals surface area contributed by atoms with Crippen LogP contribution in [0.1, 0.15) is 55.4 Å². The van der Waals surface area contributed by atoms with Crippen molar-refractivity contribution in [3.8, 4) is 22.5 Å². The number of carbonyl (C=O) groups excluding carboxylic acids is 2. The lowest BCUT2D eigenvalue weighted by atomic mass is 9.98. The molecule has 2 aromatic carbocycles. The quantitative estimate of drug-likeness (QED) is 0.136. The van der Waals surface area contributed by atoms with E-state index in [-0.39, 0.29) is 18.4 Å². The van der Waals surface area contributed by atoms with E-state index in [1.54, 1.807) is 0 Å². The molecule has 0 spiro atoms. The summed E-state index contributed by atoms with van der Waals surface area (Å²) in [7, 11) is 0. The summed E-state index contributed by atoms with van der Waals surface area (Å²) >= 11 is 0. The third-order valence-corrected chi connectivity index (χ3v) is 6.35. The highest BCUT2D eigenvalue weighted by Gasteiger charge is 2.21. The van der Waals surface area contributed by atoms with E-state index in [4.69, 9.17) is 0 Å². The molecule has 0 bridgehead atoms. The molecule has 0 aliphatic heterocycles. The second-order valence-electron chi connectivity index (χ2n) is 9.95. The Kier molecular flexibility index (Phi) is 9.16. The zero-order chi connectivity index (χ0) is 27.8. The molecule has 0 aliphatic carbocycles. The van der Waals surface area contributed by atoms with Crippen molar-refractivity contribution in [3.05, 3.63) is 71.5 Å². The van der Waals surface area contributed by atoms with Crippen molar-refractivity contribution in [2.45, 2.75) is 52.6 Å². The average Bonchev–Trinajstić information content (AvgIpc) is 3.60. The summed E-state index contributed by atoms with van der Waals surface area (Å²) in [5, 5.41) is 32.0. The number of nitrogens with one attached hydrogen (secondary N) is 2. The van der Waals surface area contributed by atoms with Crippen LogP contribution in [0.2, 0.25) is 0 Å². The van der Waals surface area contributed by atoms with Crippen molar-refractivity contribution in [3.63, 3.8) is 0 Å². The first-order valence-corrected chi connectivity index (χ1v) is 13.1. The molecule has 0 radical (unpaired) electrons. The van der Waals surface area contributed by atoms with E-state index in [0.717, 1.165) is 40.8 Å². The lowest BCUT2D eigenvalue weighted by molar-refractivity contribution is -0.151. The topological polar surface area (TPSA) is 142 Å². The van der Waals surface area contributed by atoms with Crippen molar-refractivity contribution in [1.29, 1.82) is 0 Å². The highest BCUT2D eigenvalue weighted by atomic mass is 16.5. The molecular formula is C28H34N8O3. The number of rotatable bonds is 13. The molecule has 2 amide bonds. The number of H-pyrrole nitrogens is 1. The fraction of sp³-hybridized carbons (Fsp3) is 0.357. The number of benzene rings is 2. The first-order chi connectivity index (χ1) is 18.9. The maximum Gasteiger partial charge on any atom is 0.272 e. The van der Waals surface area contributed by atoms with Gasteiger partial charge >= 0.3 is 0 Å². The predicted octanol–water partition coefficient (Wildman–Crippen LogP) is 3.72. The third-order valence-electron chi connectivity index (χ3n) is 6.35. The number of tetrazole rings is 1. The van der Waals surface area contributed by atoms with Crippen molar-refractivity contribution in [2.75, 3.05) is 6.54 Å². The zero-order valence-corrected chi connectivity index (χ0v) is 22.4. The molecule has 1 atom stereocenters. The lowest BCUT2D eigenvalue weighted by Gasteiger charge is -2.22. The average molecular weight is 531 g/mol. The van der Waals surface area contributed by atoms with Gasteiger partial charge in [-0.1, -0.05) is 75.7 Å². The first-order valence-electron chi connectivity index (χ1n) is 13.1. The maximum atomic E-state index is 13.1. The molecule has 0 aliphatic rings. The van der Waals surface area contributed by atoms with Gasteiger partial charge in [0.15, 0.2) is 5.82 Å². The van der Waals surface area contributed by atoms with Crippen LogP contribution in [0.15, 0.2) is 54.6 Å². The van der Waals surface area contributed by atoms with E-state index >= 15 is 0 Å². The summed E-state index contributed by atoms with van der Waals surface area (Å²) in [6.07, 6.45) is 2.64. The standard InChI is InChI=1S/C28H34N8O3/c1-4-7-23-15-26(28(38)29-22(14-19(2)3)17-35(39)18-37)32-36(23)16-20-10-12-21(13-11-20)24-8-5-6-9-25(24)27-30-33-34-31-27/h5-6,8-13,15,18-19,22,39H,4,7,14,16-17H2,1-3H3,(H,29,38)(H,30,31,33,34)/t22-/m1/s1. The summed E-state index contributed by atoms with van der Waals surface area (Å²) in [6.45, 7) is 6.65. The minimum Gasteiger partial charge on any atom is -0.346 e. The maximum absolute atomic E-state index is 13.1. The second-order valence-corrected chi connectivity index (χ2v) is 9.95. The van der Waals surface area contributed by atoms with E-state index in [0.29, 0.717) is 36.0 Å². The van der Waals surface area contributed by atoms with Crippen LogP contribution in [0.4, 0.5) is 0 Å². The Bertz CT molecular complexity index is 1370. The number of nitrogens with zero attached hydrogens (tertiary/aromatic N) is 6. The fourth-order valence-electron chi connectivity index (χ4n) is 4.61. The Hall–Kier alpha value is -4.38. The molecule has 3 N–H and O–H groups in total. The summed E-state index contributed by atoms with van der Waals surface area (Å²) in [4.78, 5) is 24.0. The molecule has 39 heavy (non-hydrogen) atoms. The molecule has 0 unspecified atom stereocenters. The highest BCUT2D eigenvalue weighted by molar-refractivity contribution is 5.92. The molecule has 4 aromatic rings. The summed E-state index contributed by atoms with van der Waals surface area (Å²) in [5.41, 5.74) is 5.28. The summed E-state index contributed by atoms with van der Waals surface area (Å²) in [6, 6.07) is 17.6. The van der Waals surface area contributed by atoms with Crippen molar-refractivity contribution in [2.24, 2.45) is 5.92 Å². The number of amides is 2. The second kappa shape index (κ2) is 12.9. The van der Waals surface area contributed by atoms with Gasteiger partial charge in [-0.3, -0.25) is 19.5 Å². The van der Waals surface area contributed by atoms with Gasteiger partial charge in [0.1, 0.15) is 5.69 Å². The van der Waals surface area contributed by atoms with Crippen molar-refractivity contribution < 1.29 is 14.8 Å². The van der Waals surface area contributed by atoms with Crippen LogP contribution in [0.3, 0.4) is 0 Å². The number of aromatic nitrogens is 6. The zero-order valence-electron chi connectivity index (χ0n) is 22.4. The van der Waals surface area contributed by atoms with Crippen LogP contribution in [-0.2, 0) is 17.8 Å². The Morgan fingerprint density at radius 3 is 2.54 bits per heavy atom. The van der Waals surface area contributed by atoms with Gasteiger partial charge in [-0.25, -0.2) is 10.2 Å². The fourth-order valence-corrected chi connectivity index (χ4v) is 4.61. The van der Waals surface area contributed by atoms with E-state index in [1.165, 1.54) is 0 Å². The highest BCUT2D eigenvalue weighted by Crippen LogP contribution is 2.29. The van der Waals surface area contributed by atoms with Gasteiger partial charge in [0.05, 0.1) is 13.1 Å². The van der Waals surface area contributed by atoms with Gasteiger partial charge in [0.2, 0.25) is 6.41 Å². The first kappa shape index (κ1) is 27.6. The Labute approximate surface area is 227 Å². The van der Waals surface area contributed by atoms with Gasteiger partial charge in [0.25, 0.3) is 5.91 Å². The van der Waals surface area contributed by atoms with Crippen LogP contribution < -0.4 is 5.32 Å². The number of hydroxylamine groups is 2. The van der Waals surface area contributed by atoms with Gasteiger partial charge < -0.3 is 5.32 Å². The van der Waals surface area contributed by atoms with Crippen molar-refractivity contribution >= 4 is 12.3 Å². The monoisotopic (exact) mass is 530 g/mol. The van der Waals surface area contributed by atoms with E-state index < -0.39 is 6.04 Å². The number of carbonyl (C=O) groups is 2. The minimum absolute atomic E-state index is 0.0123. The largest absolute Gasteiger partial charge is 0.346 e. The molecular weight excluding hydrogens is 496 g/mol. The Morgan fingerprint density at radius 1 is 1.15 bits per heavy atom. The van der Waals surface area contributed by atoms with Crippen LogP contribution in [0, 0.1) is 5.92 Å². The molecule has 11 nitrogen and oxygen atoms in total. The van der Waals surface area contributed by atoms with Gasteiger partial charge in [0, 0.05) is 17.3 Å². The predicted molar refractivity (Wildman–Crippen MR) is 146 cm³/mol. The summed E-state index contributed by atoms with van der Waals surface area (Å²) in [5.74, 6) is 0.547. The lowest BCUT2D eigenvalue weighted by Crippen LogP contribution is -2.43. The molecule has 0 fully saturated rings. The smallest absolute Gasteiger partial charge is 0.272 e. The minimum atomic E-state index is -0.393. The van der Waals surface area contributed by atoms with Crippen molar-refractivity contribution in [1.82, 2.24) is 40.8 Å². The normalized spacial score (nSPS) is 11.9. The van der Waals surface area contributed by atoms with Crippen LogP contribution >= 0.6 is 0 Å². The van der Waals surface area contributed by atoms with E-state index in [9.17, 15) is 14.8 Å². The number of aromatic amines is 1. The number of hydrogen-bond acceptors (Lipinski definition) is 7. The number of aryl methyl sites for hydroxylation is 1. The molecule has 2 aromatic heterocycles. The Morgan fingerprint density at radius 2 is 1.90 bits per heavy atom. The van der Waals surface area contributed by atoms with Gasteiger partial charge in [-0.05, 0) is 51.9 Å². The molecule has 0 saturated carbocycles. The molecule has 204 valence electrons. The molecule has 4 rings (SSSR count). The van der Waals surface area contributed by atoms with Crippen LogP contribution in [0.25, 0.3) is 22.5 Å². The van der Waals surface area contributed by atoms with E-state index in [2.05, 4.69) is 62.2 Å². The SMILES string of the molecule is CCCc1cc(C(=O)N[C@H](CC(C)C)CN(O)C=O)nn1Cc1ccc(-c2ccccc2-c2nnn[nH]2)cc1. The third kappa shape index (κ3) is 7.14. The molecule has 11 heteroatoms. The van der Waals surface area contributed by atoms with Gasteiger partial charge in [-0.15, -0.1) is 5.10 Å². The van der Waals surface area contributed by atoms with Gasteiger partial charge in [-0.2, -0.15) is 5.10 Å².